The average molecular weight is 755 g/mol. The van der Waals surface area contributed by atoms with Crippen LogP contribution in [-0.2, 0) is 9.59 Å². The van der Waals surface area contributed by atoms with Crippen LogP contribution in [0.25, 0.3) is 11.1 Å². The Morgan fingerprint density at radius 2 is 1.07 bits per heavy atom. The number of carbonyl (C=O) groups excluding carboxylic acids is 2. The standard InChI is InChI=1S/C42H42N8O6/c51-21-29-27(13-15-41(47-39(53)54)35(29)31-19-43-37(45-31)33-3-1-17-49(33)41)25-9-5-23(6-10-25)24-7-11-26(12-8-24)28-14-16-42(48-40(55)56)36(30(28)22-52)32-20-44-38(46-32)34-4-2-18-50(34)42/h5-12,19-20,27-28,33-36,47-48H,1-4,13-18H2,(H,43,45)(H,44,46)(H,53,54)(H,55,56)/t27?,28?,33?,34?,35-,36-,41?,42?/m0/s1. The molecule has 10 rings (SSSR count). The summed E-state index contributed by atoms with van der Waals surface area (Å²) in [7, 11) is 0. The van der Waals surface area contributed by atoms with Gasteiger partial charge in [-0.3, -0.25) is 9.80 Å². The van der Waals surface area contributed by atoms with E-state index in [2.05, 4.69) is 52.3 Å². The third-order valence-electron chi connectivity index (χ3n) is 13.8. The van der Waals surface area contributed by atoms with Gasteiger partial charge in [-0.1, -0.05) is 48.5 Å². The largest absolute Gasteiger partial charge is 0.465 e. The number of imidazole rings is 2. The maximum Gasteiger partial charge on any atom is 0.406 e. The first-order valence-corrected chi connectivity index (χ1v) is 19.6. The maximum atomic E-state index is 12.9. The molecule has 4 bridgehead atoms. The van der Waals surface area contributed by atoms with Gasteiger partial charge in [0, 0.05) is 59.9 Å². The molecule has 286 valence electrons. The van der Waals surface area contributed by atoms with Gasteiger partial charge in [0.25, 0.3) is 0 Å². The third kappa shape index (κ3) is 5.03. The molecule has 6 unspecified atom stereocenters. The fraction of sp³-hybridized carbons (Fsp3) is 0.429. The molecule has 6 aliphatic rings. The highest BCUT2D eigenvalue weighted by atomic mass is 16.4. The predicted octanol–water partition coefficient (Wildman–Crippen LogP) is 5.87. The summed E-state index contributed by atoms with van der Waals surface area (Å²) in [5.41, 5.74) is 4.41. The van der Waals surface area contributed by atoms with Gasteiger partial charge in [0.15, 0.2) is 0 Å². The van der Waals surface area contributed by atoms with Crippen molar-refractivity contribution in [3.8, 4) is 11.1 Å². The molecule has 2 aromatic heterocycles. The summed E-state index contributed by atoms with van der Waals surface area (Å²) in [6.45, 7) is 1.42. The Kier molecular flexibility index (Phi) is 7.99. The van der Waals surface area contributed by atoms with Crippen LogP contribution in [0.2, 0.25) is 0 Å². The van der Waals surface area contributed by atoms with Crippen molar-refractivity contribution in [1.29, 1.82) is 0 Å². The highest BCUT2D eigenvalue weighted by Crippen LogP contribution is 2.57. The Labute approximate surface area is 322 Å². The van der Waals surface area contributed by atoms with Crippen LogP contribution in [0.1, 0.15) is 121 Å². The molecule has 0 spiro atoms. The van der Waals surface area contributed by atoms with Crippen LogP contribution in [0, 0.1) is 0 Å². The van der Waals surface area contributed by atoms with Gasteiger partial charge in [-0.05, 0) is 73.6 Å². The molecule has 8 atom stereocenters. The zero-order valence-electron chi connectivity index (χ0n) is 30.6. The van der Waals surface area contributed by atoms with Gasteiger partial charge in [-0.25, -0.2) is 29.1 Å². The second-order valence-corrected chi connectivity index (χ2v) is 16.3. The fourth-order valence-corrected chi connectivity index (χ4v) is 11.7. The van der Waals surface area contributed by atoms with Gasteiger partial charge in [-0.15, -0.1) is 0 Å². The first kappa shape index (κ1) is 34.7. The van der Waals surface area contributed by atoms with Gasteiger partial charge < -0.3 is 30.8 Å². The number of benzene rings is 2. The van der Waals surface area contributed by atoms with E-state index in [0.29, 0.717) is 49.9 Å². The van der Waals surface area contributed by atoms with Crippen LogP contribution in [-0.4, -0.2) is 88.4 Å². The molecule has 14 heteroatoms. The van der Waals surface area contributed by atoms with Crippen molar-refractivity contribution in [3.05, 3.63) is 106 Å². The Bertz CT molecular complexity index is 2180. The fourth-order valence-electron chi connectivity index (χ4n) is 11.7. The van der Waals surface area contributed by atoms with Crippen molar-refractivity contribution in [2.75, 3.05) is 13.1 Å². The van der Waals surface area contributed by atoms with Crippen molar-refractivity contribution in [2.24, 2.45) is 0 Å². The minimum atomic E-state index is -1.12. The van der Waals surface area contributed by atoms with Crippen molar-refractivity contribution in [1.82, 2.24) is 40.4 Å². The third-order valence-corrected chi connectivity index (χ3v) is 13.8. The van der Waals surface area contributed by atoms with E-state index in [-0.39, 0.29) is 23.9 Å². The van der Waals surface area contributed by atoms with Gasteiger partial charge in [-0.2, -0.15) is 0 Å². The molecular weight excluding hydrogens is 713 g/mol. The van der Waals surface area contributed by atoms with Crippen molar-refractivity contribution < 1.29 is 29.4 Å². The quantitative estimate of drug-likeness (QED) is 0.134. The number of rotatable bonds is 5. The molecule has 4 aromatic rings. The number of aromatic amines is 2. The SMILES string of the molecule is O=C=C1C(c2ccc(-c3ccc(C4CCC5(NC(=O)O)[C@@H](C4=C=O)c4cnc([nH]4)C4CCCN45)cc3)cc2)CCC2(NC(=O)O)[C@@H]1c1cnc([nH]1)C1CCCN12. The number of hydrogen-bond acceptors (Lipinski definition) is 8. The summed E-state index contributed by atoms with van der Waals surface area (Å²) < 4.78 is 0. The number of fused-ring (bicyclic) bond motifs is 14. The van der Waals surface area contributed by atoms with E-state index in [1.165, 1.54) is 0 Å². The molecule has 6 N–H and O–H groups in total. The molecule has 2 saturated heterocycles. The normalized spacial score (nSPS) is 31.8. The molecule has 0 radical (unpaired) electrons. The lowest BCUT2D eigenvalue weighted by molar-refractivity contribution is 0.00721. The van der Waals surface area contributed by atoms with E-state index in [9.17, 15) is 29.4 Å². The van der Waals surface area contributed by atoms with Crippen molar-refractivity contribution >= 4 is 24.1 Å². The number of nitrogens with zero attached hydrogens (tertiary/aromatic N) is 4. The molecular formula is C42H42N8O6. The van der Waals surface area contributed by atoms with Crippen LogP contribution in [0.4, 0.5) is 9.59 Å². The molecule has 2 saturated carbocycles. The van der Waals surface area contributed by atoms with E-state index < -0.39 is 35.3 Å². The first-order valence-electron chi connectivity index (χ1n) is 19.6. The minimum absolute atomic E-state index is 0.0496. The predicted molar refractivity (Wildman–Crippen MR) is 202 cm³/mol. The number of carbonyl (C=O) groups is 2. The number of hydrogen-bond donors (Lipinski definition) is 6. The number of carboxylic acid groups (broad SMARTS) is 2. The molecule has 2 aromatic carbocycles. The van der Waals surface area contributed by atoms with Crippen LogP contribution >= 0.6 is 0 Å². The summed E-state index contributed by atoms with van der Waals surface area (Å²) in [4.78, 5) is 71.0. The molecule has 4 aliphatic heterocycles. The van der Waals surface area contributed by atoms with Crippen LogP contribution < -0.4 is 10.6 Å². The minimum Gasteiger partial charge on any atom is -0.465 e. The molecule has 56 heavy (non-hydrogen) atoms. The lowest BCUT2D eigenvalue weighted by Gasteiger charge is -2.52. The number of aromatic nitrogens is 4. The summed E-state index contributed by atoms with van der Waals surface area (Å²) in [6, 6.07) is 16.2. The molecule has 4 fully saturated rings. The van der Waals surface area contributed by atoms with Crippen LogP contribution in [0.3, 0.4) is 0 Å². The van der Waals surface area contributed by atoms with Crippen molar-refractivity contribution in [3.63, 3.8) is 0 Å². The summed E-state index contributed by atoms with van der Waals surface area (Å²) in [5.74, 6) is 4.54. The van der Waals surface area contributed by atoms with E-state index in [1.807, 2.05) is 48.5 Å². The highest BCUT2D eigenvalue weighted by Gasteiger charge is 2.59. The lowest BCUT2D eigenvalue weighted by Crippen LogP contribution is -2.65. The van der Waals surface area contributed by atoms with Gasteiger partial charge >= 0.3 is 12.2 Å². The van der Waals surface area contributed by atoms with E-state index in [1.54, 1.807) is 12.4 Å². The van der Waals surface area contributed by atoms with Crippen molar-refractivity contribution in [2.45, 2.75) is 98.4 Å². The molecule has 2 aliphatic carbocycles. The number of H-pyrrole nitrogens is 2. The zero-order valence-corrected chi connectivity index (χ0v) is 30.6. The second kappa shape index (κ2) is 12.9. The molecule has 14 nitrogen and oxygen atoms in total. The van der Waals surface area contributed by atoms with Gasteiger partial charge in [0.05, 0.1) is 23.9 Å². The second-order valence-electron chi connectivity index (χ2n) is 16.3. The number of nitrogens with one attached hydrogen (secondary N) is 4. The van der Waals surface area contributed by atoms with E-state index >= 15 is 0 Å². The summed E-state index contributed by atoms with van der Waals surface area (Å²) in [5, 5.41) is 25.9. The Morgan fingerprint density at radius 1 is 0.661 bits per heavy atom. The first-order chi connectivity index (χ1) is 27.2. The zero-order chi connectivity index (χ0) is 38.3. The maximum absolute atomic E-state index is 12.9. The van der Waals surface area contributed by atoms with Crippen LogP contribution in [0.15, 0.2) is 72.1 Å². The molecule has 6 heterocycles. The van der Waals surface area contributed by atoms with Gasteiger partial charge in [0.1, 0.15) is 34.9 Å². The summed E-state index contributed by atoms with van der Waals surface area (Å²) >= 11 is 0. The summed E-state index contributed by atoms with van der Waals surface area (Å²) in [6.07, 6.45) is 7.01. The van der Waals surface area contributed by atoms with E-state index in [0.717, 1.165) is 71.0 Å². The average Bonchev–Trinajstić information content (AvgIpc) is 4.03. The highest BCUT2D eigenvalue weighted by molar-refractivity contribution is 5.71. The topological polar surface area (TPSA) is 197 Å². The Balaban J connectivity index is 0.921. The van der Waals surface area contributed by atoms with Crippen LogP contribution in [0.5, 0.6) is 0 Å². The monoisotopic (exact) mass is 754 g/mol. The van der Waals surface area contributed by atoms with E-state index in [4.69, 9.17) is 0 Å². The Hall–Kier alpha value is -5.78. The smallest absolute Gasteiger partial charge is 0.406 e. The Morgan fingerprint density at radius 3 is 1.45 bits per heavy atom. The van der Waals surface area contributed by atoms with Gasteiger partial charge in [0.2, 0.25) is 0 Å². The lowest BCUT2D eigenvalue weighted by atomic mass is 9.66. The molecule has 2 amide bonds. The number of amides is 2.